The van der Waals surface area contributed by atoms with E-state index in [4.69, 9.17) is 21.3 Å². The highest BCUT2D eigenvalue weighted by Gasteiger charge is 2.46. The second-order valence-electron chi connectivity index (χ2n) is 9.43. The van der Waals surface area contributed by atoms with Crippen molar-refractivity contribution in [2.45, 2.75) is 31.9 Å². The number of nitrogens with zero attached hydrogens (tertiary/aromatic N) is 5. The van der Waals surface area contributed by atoms with Crippen molar-refractivity contribution < 1.29 is 4.74 Å². The molecule has 10 heteroatoms. The second kappa shape index (κ2) is 8.92. The summed E-state index contributed by atoms with van der Waals surface area (Å²) in [6.45, 7) is 6.60. The number of anilines is 1. The average Bonchev–Trinajstić information content (AvgIpc) is 3.30. The van der Waals surface area contributed by atoms with Gasteiger partial charge in [-0.05, 0) is 26.0 Å². The highest BCUT2D eigenvalue weighted by molar-refractivity contribution is 6.33. The van der Waals surface area contributed by atoms with Gasteiger partial charge in [0.25, 0.3) is 5.56 Å². The maximum absolute atomic E-state index is 14.0. The van der Waals surface area contributed by atoms with E-state index in [1.54, 1.807) is 23.2 Å². The summed E-state index contributed by atoms with van der Waals surface area (Å²) in [5.41, 5.74) is 3.77. The molecule has 3 aromatic heterocycles. The Kier molecular flexibility index (Phi) is 5.70. The smallest absolute Gasteiger partial charge is 0.260 e. The first kappa shape index (κ1) is 23.0. The van der Waals surface area contributed by atoms with Gasteiger partial charge in [-0.3, -0.25) is 14.3 Å². The van der Waals surface area contributed by atoms with Crippen LogP contribution in [0.15, 0.2) is 47.7 Å². The Morgan fingerprint density at radius 3 is 2.75 bits per heavy atom. The summed E-state index contributed by atoms with van der Waals surface area (Å²) in [6, 6.07) is 7.30. The van der Waals surface area contributed by atoms with Gasteiger partial charge in [0.05, 0.1) is 35.8 Å². The van der Waals surface area contributed by atoms with Crippen molar-refractivity contribution in [2.24, 2.45) is 0 Å². The molecule has 0 radical (unpaired) electrons. The molecule has 184 valence electrons. The Hall–Kier alpha value is -3.40. The Morgan fingerprint density at radius 2 is 2.06 bits per heavy atom. The summed E-state index contributed by atoms with van der Waals surface area (Å²) in [5, 5.41) is 7.66. The number of halogens is 1. The van der Waals surface area contributed by atoms with Crippen molar-refractivity contribution >= 4 is 28.6 Å². The van der Waals surface area contributed by atoms with Crippen molar-refractivity contribution in [1.82, 2.24) is 29.8 Å². The Bertz CT molecular complexity index is 1530. The quantitative estimate of drug-likeness (QED) is 0.425. The first-order valence-corrected chi connectivity index (χ1v) is 12.4. The number of fused-ring (bicyclic) bond motifs is 1. The summed E-state index contributed by atoms with van der Waals surface area (Å²) in [5.74, 6) is 0.492. The molecular formula is C26H26ClN7O2. The van der Waals surface area contributed by atoms with E-state index in [0.717, 1.165) is 41.8 Å². The van der Waals surface area contributed by atoms with E-state index in [9.17, 15) is 4.79 Å². The first-order chi connectivity index (χ1) is 17.5. The summed E-state index contributed by atoms with van der Waals surface area (Å²) in [4.78, 5) is 31.9. The normalized spacial score (nSPS) is 18.5. The standard InChI is InChI=1S/C26H26ClN7O2/c1-3-30-25-31-10-17-6-20(19-5-4-16(7-21(19)27)22-11-28-9-15(2)32-22)24(35)34(23(17)33-25)18-8-26(36-12-18)13-29-14-26/h4-7,9-11,18,29H,3,8,12-14H2,1-2H3,(H,30,31,33). The summed E-state index contributed by atoms with van der Waals surface area (Å²) >= 11 is 6.76. The fraction of sp³-hybridized carbons (Fsp3) is 0.346. The van der Waals surface area contributed by atoms with Crippen molar-refractivity contribution in [3.8, 4) is 22.4 Å². The molecule has 0 aliphatic carbocycles. The van der Waals surface area contributed by atoms with Gasteiger partial charge in [0, 0.05) is 65.5 Å². The SMILES string of the molecule is CCNc1ncc2cc(-c3ccc(-c4cncc(C)n4)cc3Cl)c(=O)n(C3COC4(CNC4)C3)c2n1. The molecule has 36 heavy (non-hydrogen) atoms. The van der Waals surface area contributed by atoms with Gasteiger partial charge in [0.2, 0.25) is 5.95 Å². The van der Waals surface area contributed by atoms with E-state index < -0.39 is 0 Å². The van der Waals surface area contributed by atoms with Crippen molar-refractivity contribution in [1.29, 1.82) is 0 Å². The molecule has 2 aliphatic heterocycles. The zero-order chi connectivity index (χ0) is 24.9. The first-order valence-electron chi connectivity index (χ1n) is 12.1. The van der Waals surface area contributed by atoms with E-state index in [-0.39, 0.29) is 17.2 Å². The maximum atomic E-state index is 14.0. The lowest BCUT2D eigenvalue weighted by molar-refractivity contribution is -0.0362. The second-order valence-corrected chi connectivity index (χ2v) is 9.84. The number of ether oxygens (including phenoxy) is 1. The van der Waals surface area contributed by atoms with E-state index in [2.05, 4.69) is 25.6 Å². The molecule has 2 saturated heterocycles. The number of aromatic nitrogens is 5. The van der Waals surface area contributed by atoms with Crippen LogP contribution in [-0.2, 0) is 4.74 Å². The lowest BCUT2D eigenvalue weighted by atomic mass is 9.91. The molecule has 1 unspecified atom stereocenters. The molecule has 2 N–H and O–H groups in total. The molecule has 4 aromatic rings. The van der Waals surface area contributed by atoms with Gasteiger partial charge in [-0.1, -0.05) is 23.7 Å². The fourth-order valence-corrected chi connectivity index (χ4v) is 5.31. The van der Waals surface area contributed by atoms with E-state index >= 15 is 0 Å². The van der Waals surface area contributed by atoms with Gasteiger partial charge in [-0.15, -0.1) is 0 Å². The summed E-state index contributed by atoms with van der Waals surface area (Å²) in [7, 11) is 0. The predicted molar refractivity (Wildman–Crippen MR) is 139 cm³/mol. The third-order valence-electron chi connectivity index (χ3n) is 6.87. The lowest BCUT2D eigenvalue weighted by Crippen LogP contribution is -2.59. The maximum Gasteiger partial charge on any atom is 0.260 e. The van der Waals surface area contributed by atoms with Crippen molar-refractivity contribution in [2.75, 3.05) is 31.6 Å². The minimum absolute atomic E-state index is 0.132. The molecule has 0 amide bonds. The van der Waals surface area contributed by atoms with Crippen LogP contribution in [0.3, 0.4) is 0 Å². The fourth-order valence-electron chi connectivity index (χ4n) is 5.03. The van der Waals surface area contributed by atoms with Crippen LogP contribution in [-0.4, -0.2) is 56.3 Å². The third-order valence-corrected chi connectivity index (χ3v) is 7.18. The van der Waals surface area contributed by atoms with Crippen LogP contribution in [0, 0.1) is 6.92 Å². The molecule has 1 spiro atoms. The molecule has 1 atom stereocenters. The van der Waals surface area contributed by atoms with Crippen molar-refractivity contribution in [3.05, 3.63) is 63.9 Å². The van der Waals surface area contributed by atoms with E-state index in [1.165, 1.54) is 0 Å². The van der Waals surface area contributed by atoms with Crippen molar-refractivity contribution in [3.63, 3.8) is 0 Å². The number of aryl methyl sites for hydroxylation is 1. The van der Waals surface area contributed by atoms with Gasteiger partial charge < -0.3 is 15.4 Å². The van der Waals surface area contributed by atoms with Crippen LogP contribution in [0.4, 0.5) is 5.95 Å². The average molecular weight is 504 g/mol. The Labute approximate surface area is 212 Å². The molecule has 9 nitrogen and oxygen atoms in total. The van der Waals surface area contributed by atoms with Crippen LogP contribution < -0.4 is 16.2 Å². The molecule has 2 aliphatic rings. The Balaban J connectivity index is 1.49. The molecule has 0 saturated carbocycles. The molecule has 1 aromatic carbocycles. The number of nitrogens with one attached hydrogen (secondary N) is 2. The zero-order valence-electron chi connectivity index (χ0n) is 20.1. The molecule has 2 fully saturated rings. The number of hydrogen-bond acceptors (Lipinski definition) is 8. The van der Waals surface area contributed by atoms with E-state index in [0.29, 0.717) is 40.9 Å². The molecular weight excluding hydrogens is 478 g/mol. The van der Waals surface area contributed by atoms with Crippen LogP contribution in [0.2, 0.25) is 5.02 Å². The lowest BCUT2D eigenvalue weighted by Gasteiger charge is -2.38. The van der Waals surface area contributed by atoms with E-state index in [1.807, 2.05) is 38.1 Å². The van der Waals surface area contributed by atoms with Crippen LogP contribution >= 0.6 is 11.6 Å². The predicted octanol–water partition coefficient (Wildman–Crippen LogP) is 3.61. The minimum atomic E-state index is -0.210. The highest BCUT2D eigenvalue weighted by atomic mass is 35.5. The number of pyridine rings is 1. The summed E-state index contributed by atoms with van der Waals surface area (Å²) < 4.78 is 7.92. The molecule has 0 bridgehead atoms. The van der Waals surface area contributed by atoms with Crippen LogP contribution in [0.1, 0.15) is 25.1 Å². The summed E-state index contributed by atoms with van der Waals surface area (Å²) in [6.07, 6.45) is 5.90. The third kappa shape index (κ3) is 3.93. The molecule has 5 heterocycles. The van der Waals surface area contributed by atoms with Gasteiger partial charge in [-0.2, -0.15) is 4.98 Å². The van der Waals surface area contributed by atoms with Crippen LogP contribution in [0.5, 0.6) is 0 Å². The topological polar surface area (TPSA) is 107 Å². The zero-order valence-corrected chi connectivity index (χ0v) is 20.8. The monoisotopic (exact) mass is 503 g/mol. The number of benzene rings is 1. The van der Waals surface area contributed by atoms with Gasteiger partial charge >= 0.3 is 0 Å². The Morgan fingerprint density at radius 1 is 1.19 bits per heavy atom. The van der Waals surface area contributed by atoms with Gasteiger partial charge in [0.15, 0.2) is 0 Å². The van der Waals surface area contributed by atoms with Gasteiger partial charge in [-0.25, -0.2) is 9.97 Å². The minimum Gasteiger partial charge on any atom is -0.370 e. The highest BCUT2D eigenvalue weighted by Crippen LogP contribution is 2.38. The van der Waals surface area contributed by atoms with Gasteiger partial charge in [0.1, 0.15) is 5.65 Å². The number of rotatable bonds is 5. The van der Waals surface area contributed by atoms with Crippen LogP contribution in [0.25, 0.3) is 33.4 Å². The molecule has 6 rings (SSSR count). The number of hydrogen-bond donors (Lipinski definition) is 2. The largest absolute Gasteiger partial charge is 0.370 e.